The summed E-state index contributed by atoms with van der Waals surface area (Å²) in [5, 5.41) is 0.728. The molecule has 0 saturated heterocycles. The monoisotopic (exact) mass is 270 g/mol. The summed E-state index contributed by atoms with van der Waals surface area (Å²) < 4.78 is 2.73. The fourth-order valence-electron chi connectivity index (χ4n) is 1.31. The number of hydrogen-bond acceptors (Lipinski definition) is 1. The molecule has 0 bridgehead atoms. The van der Waals surface area contributed by atoms with Crippen molar-refractivity contribution in [2.75, 3.05) is 0 Å². The second kappa shape index (κ2) is 3.75. The van der Waals surface area contributed by atoms with Crippen LogP contribution in [-0.2, 0) is 0 Å². The lowest BCUT2D eigenvalue weighted by atomic mass is 10.2. The molecule has 0 N–H and O–H groups in total. The summed E-state index contributed by atoms with van der Waals surface area (Å²) in [4.78, 5) is 4.10. The van der Waals surface area contributed by atoms with Gasteiger partial charge in [-0.25, -0.2) is 4.98 Å². The number of benzene rings is 1. The summed E-state index contributed by atoms with van der Waals surface area (Å²) in [5.41, 5.74) is 2.20. The number of halogens is 2. The van der Waals surface area contributed by atoms with E-state index in [0.717, 1.165) is 21.0 Å². The number of rotatable bonds is 1. The first kappa shape index (κ1) is 9.74. The van der Waals surface area contributed by atoms with Gasteiger partial charge in [0.05, 0.1) is 5.69 Å². The van der Waals surface area contributed by atoms with Crippen LogP contribution in [0.4, 0.5) is 0 Å². The first-order valence-corrected chi connectivity index (χ1v) is 5.31. The zero-order valence-electron chi connectivity index (χ0n) is 7.54. The van der Waals surface area contributed by atoms with Crippen LogP contribution in [0.5, 0.6) is 0 Å². The van der Waals surface area contributed by atoms with Crippen molar-refractivity contribution < 1.29 is 0 Å². The largest absolute Gasteiger partial charge is 0.294 e. The Balaban J connectivity index is 2.62. The first-order valence-electron chi connectivity index (χ1n) is 4.14. The van der Waals surface area contributed by atoms with Crippen LogP contribution in [-0.4, -0.2) is 9.55 Å². The van der Waals surface area contributed by atoms with Crippen LogP contribution in [0.25, 0.3) is 5.69 Å². The molecule has 0 spiro atoms. The fraction of sp³-hybridized carbons (Fsp3) is 0.100. The Morgan fingerprint density at radius 3 is 2.86 bits per heavy atom. The minimum absolute atomic E-state index is 0.728. The number of imidazole rings is 1. The summed E-state index contributed by atoms with van der Waals surface area (Å²) >= 11 is 9.31. The summed E-state index contributed by atoms with van der Waals surface area (Å²) in [6.07, 6.45) is 3.63. The van der Waals surface area contributed by atoms with Crippen LogP contribution in [0, 0.1) is 6.92 Å². The van der Waals surface area contributed by atoms with E-state index in [1.807, 2.05) is 35.9 Å². The molecule has 0 saturated carbocycles. The number of aromatic nitrogens is 2. The number of aryl methyl sites for hydroxylation is 1. The van der Waals surface area contributed by atoms with E-state index in [1.54, 1.807) is 6.20 Å². The van der Waals surface area contributed by atoms with Gasteiger partial charge in [-0.3, -0.25) is 4.57 Å². The average Bonchev–Trinajstić information content (AvgIpc) is 2.56. The molecule has 4 heteroatoms. The average molecular weight is 272 g/mol. The summed E-state index contributed by atoms with van der Waals surface area (Å²) in [7, 11) is 0. The van der Waals surface area contributed by atoms with Gasteiger partial charge in [0.1, 0.15) is 0 Å². The van der Waals surface area contributed by atoms with Crippen molar-refractivity contribution in [3.8, 4) is 5.69 Å². The molecule has 14 heavy (non-hydrogen) atoms. The molecular weight excluding hydrogens is 263 g/mol. The summed E-state index contributed by atoms with van der Waals surface area (Å²) in [5.74, 6) is 0. The lowest BCUT2D eigenvalue weighted by Gasteiger charge is -2.07. The van der Waals surface area contributed by atoms with E-state index in [9.17, 15) is 0 Å². The highest BCUT2D eigenvalue weighted by atomic mass is 79.9. The van der Waals surface area contributed by atoms with Crippen LogP contribution in [0.2, 0.25) is 5.02 Å². The van der Waals surface area contributed by atoms with Crippen molar-refractivity contribution in [2.24, 2.45) is 0 Å². The molecule has 0 aliphatic carbocycles. The fourth-order valence-corrected chi connectivity index (χ4v) is 1.90. The quantitative estimate of drug-likeness (QED) is 0.775. The topological polar surface area (TPSA) is 17.8 Å². The second-order valence-electron chi connectivity index (χ2n) is 3.00. The molecule has 2 rings (SSSR count). The molecule has 1 aromatic carbocycles. The highest BCUT2D eigenvalue weighted by Crippen LogP contribution is 2.22. The van der Waals surface area contributed by atoms with Crippen molar-refractivity contribution in [3.63, 3.8) is 0 Å². The minimum atomic E-state index is 0.728. The van der Waals surface area contributed by atoms with Gasteiger partial charge in [0.15, 0.2) is 4.73 Å². The molecule has 2 aromatic rings. The summed E-state index contributed by atoms with van der Waals surface area (Å²) in [6, 6.07) is 5.79. The van der Waals surface area contributed by atoms with E-state index >= 15 is 0 Å². The van der Waals surface area contributed by atoms with E-state index < -0.39 is 0 Å². The third kappa shape index (κ3) is 1.70. The Morgan fingerprint density at radius 1 is 1.43 bits per heavy atom. The van der Waals surface area contributed by atoms with Gasteiger partial charge in [-0.05, 0) is 40.5 Å². The summed E-state index contributed by atoms with van der Waals surface area (Å²) in [6.45, 7) is 2.04. The highest BCUT2D eigenvalue weighted by molar-refractivity contribution is 9.10. The highest BCUT2D eigenvalue weighted by Gasteiger charge is 2.04. The zero-order chi connectivity index (χ0) is 10.1. The van der Waals surface area contributed by atoms with Crippen molar-refractivity contribution in [1.29, 1.82) is 0 Å². The van der Waals surface area contributed by atoms with Gasteiger partial charge < -0.3 is 0 Å². The molecule has 1 aromatic heterocycles. The third-order valence-electron chi connectivity index (χ3n) is 2.03. The zero-order valence-corrected chi connectivity index (χ0v) is 9.88. The van der Waals surface area contributed by atoms with Crippen molar-refractivity contribution >= 4 is 27.5 Å². The SMILES string of the molecule is Cc1ccc(Cl)cc1-n1ccnc1Br. The normalized spacial score (nSPS) is 10.5. The van der Waals surface area contributed by atoms with Gasteiger partial charge in [0.25, 0.3) is 0 Å². The van der Waals surface area contributed by atoms with Gasteiger partial charge >= 0.3 is 0 Å². The van der Waals surface area contributed by atoms with E-state index in [0.29, 0.717) is 0 Å². The maximum Gasteiger partial charge on any atom is 0.181 e. The van der Waals surface area contributed by atoms with Crippen molar-refractivity contribution in [3.05, 3.63) is 45.9 Å². The second-order valence-corrected chi connectivity index (χ2v) is 4.14. The Hall–Kier alpha value is -0.800. The lowest BCUT2D eigenvalue weighted by molar-refractivity contribution is 1.00. The van der Waals surface area contributed by atoms with Gasteiger partial charge in [-0.2, -0.15) is 0 Å². The molecule has 0 amide bonds. The maximum atomic E-state index is 5.94. The maximum absolute atomic E-state index is 5.94. The molecule has 0 unspecified atom stereocenters. The van der Waals surface area contributed by atoms with Crippen LogP contribution >= 0.6 is 27.5 Å². The number of hydrogen-bond donors (Lipinski definition) is 0. The van der Waals surface area contributed by atoms with Crippen LogP contribution in [0.3, 0.4) is 0 Å². The van der Waals surface area contributed by atoms with Crippen molar-refractivity contribution in [2.45, 2.75) is 6.92 Å². The molecular formula is C10H8BrClN2. The van der Waals surface area contributed by atoms with Gasteiger partial charge in [0, 0.05) is 17.4 Å². The van der Waals surface area contributed by atoms with Crippen LogP contribution < -0.4 is 0 Å². The van der Waals surface area contributed by atoms with Gasteiger partial charge in [0.2, 0.25) is 0 Å². The Labute approximate surface area is 95.7 Å². The minimum Gasteiger partial charge on any atom is -0.294 e. The van der Waals surface area contributed by atoms with E-state index in [2.05, 4.69) is 20.9 Å². The van der Waals surface area contributed by atoms with E-state index in [-0.39, 0.29) is 0 Å². The van der Waals surface area contributed by atoms with Crippen molar-refractivity contribution in [1.82, 2.24) is 9.55 Å². The Morgan fingerprint density at radius 2 is 2.21 bits per heavy atom. The molecule has 0 radical (unpaired) electrons. The Kier molecular flexibility index (Phi) is 2.61. The van der Waals surface area contributed by atoms with Gasteiger partial charge in [-0.1, -0.05) is 17.7 Å². The molecule has 0 fully saturated rings. The molecule has 1 heterocycles. The predicted molar refractivity (Wildman–Crippen MR) is 61.0 cm³/mol. The Bertz CT molecular complexity index is 465. The third-order valence-corrected chi connectivity index (χ3v) is 2.85. The van der Waals surface area contributed by atoms with Crippen LogP contribution in [0.1, 0.15) is 5.56 Å². The molecule has 0 aliphatic rings. The smallest absolute Gasteiger partial charge is 0.181 e. The standard InChI is InChI=1S/C10H8BrClN2/c1-7-2-3-8(12)6-9(7)14-5-4-13-10(14)11/h2-6H,1H3. The lowest BCUT2D eigenvalue weighted by Crippen LogP contribution is -1.95. The molecule has 0 atom stereocenters. The predicted octanol–water partition coefficient (Wildman–Crippen LogP) is 3.60. The molecule has 72 valence electrons. The molecule has 0 aliphatic heterocycles. The number of nitrogens with zero attached hydrogens (tertiary/aromatic N) is 2. The van der Waals surface area contributed by atoms with Crippen LogP contribution in [0.15, 0.2) is 35.3 Å². The first-order chi connectivity index (χ1) is 6.68. The molecule has 2 nitrogen and oxygen atoms in total. The van der Waals surface area contributed by atoms with E-state index in [4.69, 9.17) is 11.6 Å². The van der Waals surface area contributed by atoms with Gasteiger partial charge in [-0.15, -0.1) is 0 Å². The van der Waals surface area contributed by atoms with E-state index in [1.165, 1.54) is 0 Å².